The fourth-order valence-electron chi connectivity index (χ4n) is 2.07. The van der Waals surface area contributed by atoms with Crippen LogP contribution in [0.25, 0.3) is 0 Å². The summed E-state index contributed by atoms with van der Waals surface area (Å²) in [6.07, 6.45) is 2.80. The second-order valence-corrected chi connectivity index (χ2v) is 3.96. The Morgan fingerprint density at radius 2 is 2.07 bits per heavy atom. The summed E-state index contributed by atoms with van der Waals surface area (Å²) in [7, 11) is 0. The molecule has 0 radical (unpaired) electrons. The Kier molecular flexibility index (Phi) is 2.06. The number of hydrogen-bond acceptors (Lipinski definition) is 1. The van der Waals surface area contributed by atoms with Crippen molar-refractivity contribution in [3.8, 4) is 0 Å². The van der Waals surface area contributed by atoms with Crippen molar-refractivity contribution in [1.29, 1.82) is 0 Å². The highest BCUT2D eigenvalue weighted by Gasteiger charge is 2.50. The maximum Gasteiger partial charge on any atom is 0.228 e. The molecule has 0 atom stereocenters. The number of hydrogen-bond donors (Lipinski definition) is 1. The van der Waals surface area contributed by atoms with Crippen LogP contribution in [0.2, 0.25) is 0 Å². The molecule has 0 spiro atoms. The van der Waals surface area contributed by atoms with Crippen LogP contribution in [0.1, 0.15) is 30.9 Å². The molecule has 1 aliphatic carbocycles. The van der Waals surface area contributed by atoms with Crippen molar-refractivity contribution in [3.05, 3.63) is 35.4 Å². The van der Waals surface area contributed by atoms with Gasteiger partial charge in [0.2, 0.25) is 5.91 Å². The van der Waals surface area contributed by atoms with Gasteiger partial charge in [-0.25, -0.2) is 0 Å². The molecule has 14 heavy (non-hydrogen) atoms. The molecule has 1 saturated carbocycles. The van der Waals surface area contributed by atoms with E-state index in [4.69, 9.17) is 5.73 Å². The first-order chi connectivity index (χ1) is 6.70. The normalized spacial score (nSPS) is 17.8. The Hall–Kier alpha value is -1.31. The zero-order valence-corrected chi connectivity index (χ0v) is 8.42. The predicted octanol–water partition coefficient (Wildman–Crippen LogP) is 1.77. The quantitative estimate of drug-likeness (QED) is 0.773. The highest BCUT2D eigenvalue weighted by Crippen LogP contribution is 2.49. The van der Waals surface area contributed by atoms with E-state index in [-0.39, 0.29) is 11.3 Å². The van der Waals surface area contributed by atoms with Crippen LogP contribution < -0.4 is 5.73 Å². The second kappa shape index (κ2) is 3.12. The molecule has 0 aliphatic heterocycles. The molecule has 0 heterocycles. The molecule has 0 saturated heterocycles. The number of aryl methyl sites for hydroxylation is 1. The standard InChI is InChI=1S/C12H15NO/c1-2-9-5-3-4-6-10(9)12(7-8-12)11(13)14/h3-6H,2,7-8H2,1H3,(H2,13,14). The molecule has 1 amide bonds. The number of nitrogens with two attached hydrogens (primary N) is 1. The van der Waals surface area contributed by atoms with E-state index in [0.29, 0.717) is 0 Å². The number of carbonyl (C=O) groups excluding carboxylic acids is 1. The summed E-state index contributed by atoms with van der Waals surface area (Å²) >= 11 is 0. The van der Waals surface area contributed by atoms with Crippen LogP contribution in [-0.2, 0) is 16.6 Å². The zero-order valence-electron chi connectivity index (χ0n) is 8.42. The van der Waals surface area contributed by atoms with Crippen LogP contribution in [0.15, 0.2) is 24.3 Å². The maximum absolute atomic E-state index is 11.4. The lowest BCUT2D eigenvalue weighted by Gasteiger charge is -2.15. The highest BCUT2D eigenvalue weighted by atomic mass is 16.1. The molecular weight excluding hydrogens is 174 g/mol. The van der Waals surface area contributed by atoms with Crippen LogP contribution in [0.4, 0.5) is 0 Å². The van der Waals surface area contributed by atoms with Crippen molar-refractivity contribution in [2.24, 2.45) is 5.73 Å². The van der Waals surface area contributed by atoms with E-state index in [2.05, 4.69) is 13.0 Å². The molecule has 2 rings (SSSR count). The average Bonchev–Trinajstić information content (AvgIpc) is 2.98. The third-order valence-corrected chi connectivity index (χ3v) is 3.14. The van der Waals surface area contributed by atoms with Gasteiger partial charge >= 0.3 is 0 Å². The van der Waals surface area contributed by atoms with E-state index in [1.54, 1.807) is 0 Å². The first kappa shape index (κ1) is 9.25. The van der Waals surface area contributed by atoms with E-state index in [1.807, 2.05) is 18.2 Å². The summed E-state index contributed by atoms with van der Waals surface area (Å²) in [5.41, 5.74) is 7.52. The fraction of sp³-hybridized carbons (Fsp3) is 0.417. The largest absolute Gasteiger partial charge is 0.369 e. The van der Waals surface area contributed by atoms with E-state index >= 15 is 0 Å². The lowest BCUT2D eigenvalue weighted by molar-refractivity contribution is -0.120. The van der Waals surface area contributed by atoms with Gasteiger partial charge < -0.3 is 5.73 Å². The van der Waals surface area contributed by atoms with Crippen LogP contribution in [0.5, 0.6) is 0 Å². The minimum absolute atomic E-state index is 0.168. The van der Waals surface area contributed by atoms with E-state index in [1.165, 1.54) is 5.56 Å². The van der Waals surface area contributed by atoms with Crippen molar-refractivity contribution in [1.82, 2.24) is 0 Å². The molecular formula is C12H15NO. The molecule has 0 unspecified atom stereocenters. The van der Waals surface area contributed by atoms with Crippen molar-refractivity contribution in [2.45, 2.75) is 31.6 Å². The van der Waals surface area contributed by atoms with Gasteiger partial charge in [-0.05, 0) is 30.4 Å². The Labute approximate surface area is 84.1 Å². The number of carbonyl (C=O) groups is 1. The molecule has 0 aromatic heterocycles. The Morgan fingerprint density at radius 3 is 2.57 bits per heavy atom. The summed E-state index contributed by atoms with van der Waals surface area (Å²) < 4.78 is 0. The number of rotatable bonds is 3. The molecule has 1 aromatic carbocycles. The van der Waals surface area contributed by atoms with Gasteiger partial charge in [-0.1, -0.05) is 31.2 Å². The molecule has 2 heteroatoms. The van der Waals surface area contributed by atoms with Crippen molar-refractivity contribution >= 4 is 5.91 Å². The number of benzene rings is 1. The summed E-state index contributed by atoms with van der Waals surface area (Å²) in [5.74, 6) is -0.168. The first-order valence-corrected chi connectivity index (χ1v) is 5.09. The van der Waals surface area contributed by atoms with Gasteiger partial charge in [-0.2, -0.15) is 0 Å². The van der Waals surface area contributed by atoms with Gasteiger partial charge in [0.1, 0.15) is 0 Å². The third-order valence-electron chi connectivity index (χ3n) is 3.14. The Morgan fingerprint density at radius 1 is 1.43 bits per heavy atom. The van der Waals surface area contributed by atoms with E-state index in [0.717, 1.165) is 24.8 Å². The van der Waals surface area contributed by atoms with Crippen LogP contribution in [-0.4, -0.2) is 5.91 Å². The summed E-state index contributed by atoms with van der Waals surface area (Å²) in [6.45, 7) is 2.11. The van der Waals surface area contributed by atoms with Gasteiger partial charge in [0, 0.05) is 0 Å². The fourth-order valence-corrected chi connectivity index (χ4v) is 2.07. The van der Waals surface area contributed by atoms with Gasteiger partial charge in [-0.15, -0.1) is 0 Å². The lowest BCUT2D eigenvalue weighted by Crippen LogP contribution is -2.29. The molecule has 1 aliphatic rings. The van der Waals surface area contributed by atoms with Crippen LogP contribution in [0, 0.1) is 0 Å². The topological polar surface area (TPSA) is 43.1 Å². The van der Waals surface area contributed by atoms with Crippen molar-refractivity contribution in [2.75, 3.05) is 0 Å². The monoisotopic (exact) mass is 189 g/mol. The average molecular weight is 189 g/mol. The predicted molar refractivity (Wildman–Crippen MR) is 55.9 cm³/mol. The van der Waals surface area contributed by atoms with E-state index < -0.39 is 0 Å². The second-order valence-electron chi connectivity index (χ2n) is 3.96. The zero-order chi connectivity index (χ0) is 10.2. The molecule has 2 nitrogen and oxygen atoms in total. The molecule has 1 fully saturated rings. The van der Waals surface area contributed by atoms with Gasteiger partial charge in [0.05, 0.1) is 5.41 Å². The van der Waals surface area contributed by atoms with Crippen molar-refractivity contribution < 1.29 is 4.79 Å². The maximum atomic E-state index is 11.4. The molecule has 74 valence electrons. The SMILES string of the molecule is CCc1ccccc1C1(C(N)=O)CC1. The highest BCUT2D eigenvalue weighted by molar-refractivity contribution is 5.90. The van der Waals surface area contributed by atoms with E-state index in [9.17, 15) is 4.79 Å². The minimum Gasteiger partial charge on any atom is -0.369 e. The van der Waals surface area contributed by atoms with Crippen LogP contribution in [0.3, 0.4) is 0 Å². The van der Waals surface area contributed by atoms with Gasteiger partial charge in [-0.3, -0.25) is 4.79 Å². The van der Waals surface area contributed by atoms with Crippen molar-refractivity contribution in [3.63, 3.8) is 0 Å². The third kappa shape index (κ3) is 1.22. The number of primary amides is 1. The lowest BCUT2D eigenvalue weighted by atomic mass is 9.90. The minimum atomic E-state index is -0.327. The van der Waals surface area contributed by atoms with Gasteiger partial charge in [0.15, 0.2) is 0 Å². The smallest absolute Gasteiger partial charge is 0.228 e. The van der Waals surface area contributed by atoms with Gasteiger partial charge in [0.25, 0.3) is 0 Å². The first-order valence-electron chi connectivity index (χ1n) is 5.09. The summed E-state index contributed by atoms with van der Waals surface area (Å²) in [4.78, 5) is 11.4. The molecule has 1 aromatic rings. The van der Waals surface area contributed by atoms with Crippen LogP contribution >= 0.6 is 0 Å². The Bertz CT molecular complexity index is 366. The Balaban J connectivity index is 2.46. The summed E-state index contributed by atoms with van der Waals surface area (Å²) in [5, 5.41) is 0. The molecule has 0 bridgehead atoms. The molecule has 2 N–H and O–H groups in total. The number of amides is 1. The summed E-state index contributed by atoms with van der Waals surface area (Å²) in [6, 6.07) is 8.12.